The molecule has 2 aromatic heterocycles. The Balaban J connectivity index is 1.75. The molecule has 1 atom stereocenters. The molecule has 0 radical (unpaired) electrons. The normalized spacial score (nSPS) is 12.0. The van der Waals surface area contributed by atoms with Crippen molar-refractivity contribution in [1.82, 2.24) is 20.5 Å². The minimum Gasteiger partial charge on any atom is -0.382 e. The number of hydrogen-bond donors (Lipinski definition) is 4. The Kier molecular flexibility index (Phi) is 5.87. The van der Waals surface area contributed by atoms with Gasteiger partial charge >= 0.3 is 6.03 Å². The van der Waals surface area contributed by atoms with Crippen LogP contribution in [0, 0.1) is 6.92 Å². The van der Waals surface area contributed by atoms with Crippen molar-refractivity contribution in [1.29, 1.82) is 0 Å². The largest absolute Gasteiger partial charge is 0.382 e. The highest BCUT2D eigenvalue weighted by molar-refractivity contribution is 5.96. The van der Waals surface area contributed by atoms with Crippen molar-refractivity contribution in [2.24, 2.45) is 0 Å². The number of anilines is 2. The maximum Gasteiger partial charge on any atom is 0.320 e. The summed E-state index contributed by atoms with van der Waals surface area (Å²) in [5, 5.41) is 17.1. The number of ether oxygens (including phenoxy) is 1. The molecule has 0 fully saturated rings. The number of rotatable bonds is 7. The van der Waals surface area contributed by atoms with E-state index in [1.165, 1.54) is 0 Å². The molecule has 0 aliphatic rings. The van der Waals surface area contributed by atoms with Crippen molar-refractivity contribution >= 4 is 28.6 Å². The quantitative estimate of drug-likeness (QED) is 0.513. The summed E-state index contributed by atoms with van der Waals surface area (Å²) in [6.07, 6.45) is 0. The summed E-state index contributed by atoms with van der Waals surface area (Å²) in [5.74, 6) is 1.21. The summed E-state index contributed by atoms with van der Waals surface area (Å²) in [7, 11) is 1.61. The van der Waals surface area contributed by atoms with Gasteiger partial charge in [-0.25, -0.2) is 9.78 Å². The summed E-state index contributed by atoms with van der Waals surface area (Å²) in [6, 6.07) is 10.8. The van der Waals surface area contributed by atoms with E-state index in [1.54, 1.807) is 13.2 Å². The van der Waals surface area contributed by atoms with Gasteiger partial charge in [0.05, 0.1) is 29.2 Å². The first-order valence-electron chi connectivity index (χ1n) is 8.83. The van der Waals surface area contributed by atoms with Crippen molar-refractivity contribution in [3.05, 3.63) is 47.7 Å². The van der Waals surface area contributed by atoms with Crippen molar-refractivity contribution in [2.45, 2.75) is 19.9 Å². The fraction of sp³-hybridized carbons (Fsp3) is 0.316. The number of nitrogens with zero attached hydrogens (tertiary/aromatic N) is 2. The van der Waals surface area contributed by atoms with Crippen LogP contribution in [0.25, 0.3) is 10.9 Å². The molecular weight excluding hydrogens is 344 g/mol. The molecule has 0 aliphatic carbocycles. The third-order valence-corrected chi connectivity index (χ3v) is 4.15. The van der Waals surface area contributed by atoms with Crippen LogP contribution in [0.1, 0.15) is 24.2 Å². The predicted octanol–water partition coefficient (Wildman–Crippen LogP) is 3.21. The number of hydrogen-bond acceptors (Lipinski definition) is 5. The Labute approximate surface area is 157 Å². The third kappa shape index (κ3) is 4.35. The maximum absolute atomic E-state index is 12.5. The number of fused-ring (bicyclic) bond motifs is 1. The molecule has 1 unspecified atom stereocenters. The lowest BCUT2D eigenvalue weighted by Gasteiger charge is -2.18. The van der Waals surface area contributed by atoms with E-state index in [0.717, 1.165) is 34.5 Å². The van der Waals surface area contributed by atoms with Gasteiger partial charge in [-0.1, -0.05) is 30.3 Å². The van der Waals surface area contributed by atoms with E-state index in [4.69, 9.17) is 4.74 Å². The van der Waals surface area contributed by atoms with Crippen molar-refractivity contribution in [3.63, 3.8) is 0 Å². The van der Waals surface area contributed by atoms with E-state index >= 15 is 0 Å². The summed E-state index contributed by atoms with van der Waals surface area (Å²) >= 11 is 0. The number of benzene rings is 1. The number of pyridine rings is 1. The number of H-pyrrole nitrogens is 1. The highest BCUT2D eigenvalue weighted by Crippen LogP contribution is 2.25. The molecule has 142 valence electrons. The smallest absolute Gasteiger partial charge is 0.320 e. The zero-order valence-electron chi connectivity index (χ0n) is 15.7. The Morgan fingerprint density at radius 3 is 2.78 bits per heavy atom. The van der Waals surface area contributed by atoms with Gasteiger partial charge in [0.2, 0.25) is 0 Å². The second kappa shape index (κ2) is 8.50. The van der Waals surface area contributed by atoms with Gasteiger partial charge in [-0.05, 0) is 19.4 Å². The van der Waals surface area contributed by atoms with Crippen molar-refractivity contribution < 1.29 is 9.53 Å². The van der Waals surface area contributed by atoms with Gasteiger partial charge in [-0.15, -0.1) is 0 Å². The monoisotopic (exact) mass is 368 g/mol. The zero-order valence-corrected chi connectivity index (χ0v) is 15.7. The van der Waals surface area contributed by atoms with E-state index in [0.29, 0.717) is 12.4 Å². The number of methoxy groups -OCH3 is 1. The van der Waals surface area contributed by atoms with E-state index in [-0.39, 0.29) is 12.1 Å². The highest BCUT2D eigenvalue weighted by Gasteiger charge is 2.16. The average molecular weight is 368 g/mol. The molecule has 0 bridgehead atoms. The summed E-state index contributed by atoms with van der Waals surface area (Å²) in [5.41, 5.74) is 2.56. The van der Waals surface area contributed by atoms with Gasteiger partial charge in [0.15, 0.2) is 5.82 Å². The second-order valence-corrected chi connectivity index (χ2v) is 6.14. The van der Waals surface area contributed by atoms with Crippen LogP contribution >= 0.6 is 0 Å². The second-order valence-electron chi connectivity index (χ2n) is 6.14. The molecule has 0 spiro atoms. The molecule has 8 nitrogen and oxygen atoms in total. The molecule has 2 amide bonds. The van der Waals surface area contributed by atoms with Crippen LogP contribution < -0.4 is 16.0 Å². The zero-order chi connectivity index (χ0) is 19.2. The van der Waals surface area contributed by atoms with Crippen LogP contribution in [0.15, 0.2) is 36.4 Å². The van der Waals surface area contributed by atoms with Crippen LogP contribution in [0.3, 0.4) is 0 Å². The number of aryl methyl sites for hydroxylation is 1. The van der Waals surface area contributed by atoms with Gasteiger partial charge in [-0.3, -0.25) is 10.4 Å². The Bertz CT molecular complexity index is 909. The topological polar surface area (TPSA) is 104 Å². The highest BCUT2D eigenvalue weighted by atomic mass is 16.5. The van der Waals surface area contributed by atoms with Crippen LogP contribution in [-0.2, 0) is 4.74 Å². The van der Waals surface area contributed by atoms with E-state index in [9.17, 15) is 4.79 Å². The molecule has 1 aromatic carbocycles. The predicted molar refractivity (Wildman–Crippen MR) is 106 cm³/mol. The van der Waals surface area contributed by atoms with Crippen LogP contribution in [-0.4, -0.2) is 41.5 Å². The molecule has 4 N–H and O–H groups in total. The Morgan fingerprint density at radius 2 is 2.07 bits per heavy atom. The first-order chi connectivity index (χ1) is 13.1. The number of nitrogens with one attached hydrogen (secondary N) is 4. The number of aromatic amines is 1. The van der Waals surface area contributed by atoms with E-state index < -0.39 is 0 Å². The summed E-state index contributed by atoms with van der Waals surface area (Å²) in [4.78, 5) is 16.9. The van der Waals surface area contributed by atoms with Crippen LogP contribution in [0.2, 0.25) is 0 Å². The lowest BCUT2D eigenvalue weighted by atomic mass is 10.1. The summed E-state index contributed by atoms with van der Waals surface area (Å²) in [6.45, 7) is 5.03. The van der Waals surface area contributed by atoms with Gasteiger partial charge in [-0.2, -0.15) is 5.10 Å². The SMILES string of the molecule is CCNc1n[nH]c2cc(NC(=O)NC(COC)c3ccccc3)nc(C)c12. The van der Waals surface area contributed by atoms with Crippen molar-refractivity contribution in [2.75, 3.05) is 30.9 Å². The molecule has 3 rings (SSSR count). The fourth-order valence-corrected chi connectivity index (χ4v) is 2.98. The molecule has 2 heterocycles. The minimum absolute atomic E-state index is 0.256. The first kappa shape index (κ1) is 18.7. The average Bonchev–Trinajstić information content (AvgIpc) is 3.06. The van der Waals surface area contributed by atoms with Crippen LogP contribution in [0.5, 0.6) is 0 Å². The van der Waals surface area contributed by atoms with Gasteiger partial charge < -0.3 is 15.4 Å². The Hall–Kier alpha value is -3.13. The summed E-state index contributed by atoms with van der Waals surface area (Å²) < 4.78 is 5.23. The lowest BCUT2D eigenvalue weighted by Crippen LogP contribution is -2.35. The molecular formula is C19H24N6O2. The number of carbonyl (C=O) groups is 1. The molecule has 0 saturated carbocycles. The number of aromatic nitrogens is 3. The first-order valence-corrected chi connectivity index (χ1v) is 8.83. The van der Waals surface area contributed by atoms with Gasteiger partial charge in [0.25, 0.3) is 0 Å². The van der Waals surface area contributed by atoms with E-state index in [2.05, 4.69) is 31.1 Å². The molecule has 0 aliphatic heterocycles. The molecule has 0 saturated heterocycles. The maximum atomic E-state index is 12.5. The van der Waals surface area contributed by atoms with Gasteiger partial charge in [0.1, 0.15) is 5.82 Å². The number of urea groups is 1. The standard InChI is InChI=1S/C19H24N6O2/c1-4-20-18-17-12(2)21-16(10-14(17)24-25-18)23-19(26)22-15(11-27-3)13-8-6-5-7-9-13/h5-10,15H,4,11H2,1-3H3,(H2,20,24,25)(H2,21,22,23,26). The molecule has 27 heavy (non-hydrogen) atoms. The third-order valence-electron chi connectivity index (χ3n) is 4.15. The molecule has 3 aromatic rings. The lowest BCUT2D eigenvalue weighted by molar-refractivity contribution is 0.168. The number of carbonyl (C=O) groups excluding carboxylic acids is 1. The van der Waals surface area contributed by atoms with Crippen molar-refractivity contribution in [3.8, 4) is 0 Å². The molecule has 8 heteroatoms. The fourth-order valence-electron chi connectivity index (χ4n) is 2.98. The minimum atomic E-state index is -0.349. The van der Waals surface area contributed by atoms with E-state index in [1.807, 2.05) is 44.2 Å². The Morgan fingerprint density at radius 1 is 1.30 bits per heavy atom. The van der Waals surface area contributed by atoms with Gasteiger partial charge in [0, 0.05) is 19.7 Å². The van der Waals surface area contributed by atoms with Crippen LogP contribution in [0.4, 0.5) is 16.4 Å². The number of amides is 2.